The minimum Gasteiger partial charge on any atom is -0.512 e. The average Bonchev–Trinajstić information content (AvgIpc) is 2.14. The van der Waals surface area contributed by atoms with Gasteiger partial charge in [-0.15, -0.1) is 0 Å². The Morgan fingerprint density at radius 3 is 2.40 bits per heavy atom. The Morgan fingerprint density at radius 2 is 1.87 bits per heavy atom. The lowest BCUT2D eigenvalue weighted by molar-refractivity contribution is 0.360. The predicted octanol–water partition coefficient (Wildman–Crippen LogP) is 3.22. The number of hydrogen-bond acceptors (Lipinski definition) is 3. The summed E-state index contributed by atoms with van der Waals surface area (Å²) in [7, 11) is 0. The first-order valence-corrected chi connectivity index (χ1v) is 4.57. The van der Waals surface area contributed by atoms with Crippen LogP contribution in [0.5, 0.6) is 0 Å². The highest BCUT2D eigenvalue weighted by molar-refractivity contribution is 5.45. The maximum Gasteiger partial charge on any atom is 0.122 e. The van der Waals surface area contributed by atoms with Crippen LogP contribution in [0.3, 0.4) is 0 Å². The molecule has 0 aliphatic heterocycles. The van der Waals surface area contributed by atoms with Crippen molar-refractivity contribution in [3.8, 4) is 0 Å². The summed E-state index contributed by atoms with van der Waals surface area (Å²) < 4.78 is 0. The first-order valence-electron chi connectivity index (χ1n) is 4.57. The number of hydrogen-bond donors (Lipinski definition) is 3. The minimum absolute atomic E-state index is 0.0250. The lowest BCUT2D eigenvalue weighted by atomic mass is 9.96. The van der Waals surface area contributed by atoms with E-state index in [1.807, 2.05) is 0 Å². The van der Waals surface area contributed by atoms with E-state index in [9.17, 15) is 5.11 Å². The van der Waals surface area contributed by atoms with Gasteiger partial charge in [-0.2, -0.15) is 0 Å². The Morgan fingerprint density at radius 1 is 1.20 bits per heavy atom. The maximum absolute atomic E-state index is 9.54. The highest BCUT2D eigenvalue weighted by Crippen LogP contribution is 2.26. The third-order valence-electron chi connectivity index (χ3n) is 2.11. The number of aliphatic hydroxyl groups excluding tert-OH is 3. The van der Waals surface area contributed by atoms with Gasteiger partial charge in [0.05, 0.1) is 5.76 Å². The third-order valence-corrected chi connectivity index (χ3v) is 2.11. The lowest BCUT2D eigenvalue weighted by Gasteiger charge is -2.13. The molecule has 80 valence electrons. The zero-order valence-corrected chi connectivity index (χ0v) is 8.40. The second kappa shape index (κ2) is 4.55. The van der Waals surface area contributed by atoms with Gasteiger partial charge in [0.15, 0.2) is 0 Å². The second-order valence-corrected chi connectivity index (χ2v) is 3.35. The standard InChI is InChI=1S/C12H14O3/c1-8(3-4-9(2)13)11-6-5-10(14)7-12(11)15/h3-4,7,13-15H,1-2,5-6H2/b4-3-. The van der Waals surface area contributed by atoms with E-state index in [1.165, 1.54) is 12.2 Å². The molecule has 0 fully saturated rings. The molecular weight excluding hydrogens is 192 g/mol. The van der Waals surface area contributed by atoms with Gasteiger partial charge in [0, 0.05) is 18.1 Å². The fourth-order valence-corrected chi connectivity index (χ4v) is 1.32. The second-order valence-electron chi connectivity index (χ2n) is 3.35. The summed E-state index contributed by atoms with van der Waals surface area (Å²) >= 11 is 0. The molecule has 0 heterocycles. The fourth-order valence-electron chi connectivity index (χ4n) is 1.32. The van der Waals surface area contributed by atoms with Crippen LogP contribution in [0.4, 0.5) is 0 Å². The molecule has 1 aliphatic carbocycles. The summed E-state index contributed by atoms with van der Waals surface area (Å²) in [5.74, 6) is 0.127. The Hall–Kier alpha value is -1.90. The number of aliphatic hydroxyl groups is 3. The van der Waals surface area contributed by atoms with Crippen LogP contribution in [-0.2, 0) is 0 Å². The summed E-state index contributed by atoms with van der Waals surface area (Å²) in [6, 6.07) is 0. The topological polar surface area (TPSA) is 60.7 Å². The van der Waals surface area contributed by atoms with E-state index in [-0.39, 0.29) is 17.3 Å². The summed E-state index contributed by atoms with van der Waals surface area (Å²) in [5.41, 5.74) is 1.27. The van der Waals surface area contributed by atoms with Crippen molar-refractivity contribution in [3.63, 3.8) is 0 Å². The van der Waals surface area contributed by atoms with E-state index >= 15 is 0 Å². The quantitative estimate of drug-likeness (QED) is 0.490. The molecule has 0 aromatic rings. The molecule has 0 unspecified atom stereocenters. The largest absolute Gasteiger partial charge is 0.512 e. The van der Waals surface area contributed by atoms with Gasteiger partial charge in [0.2, 0.25) is 0 Å². The number of allylic oxidation sites excluding steroid dienone is 6. The molecule has 0 saturated heterocycles. The van der Waals surface area contributed by atoms with Gasteiger partial charge in [-0.25, -0.2) is 0 Å². The molecule has 0 spiro atoms. The third kappa shape index (κ3) is 3.06. The molecule has 1 aliphatic rings. The van der Waals surface area contributed by atoms with Crippen LogP contribution in [0.1, 0.15) is 12.8 Å². The number of rotatable bonds is 3. The predicted molar refractivity (Wildman–Crippen MR) is 59.6 cm³/mol. The SMILES string of the molecule is C=C(O)/C=C\C(=C)C1=C(O)C=C(O)CC1. The van der Waals surface area contributed by atoms with Crippen LogP contribution in [0.15, 0.2) is 59.8 Å². The molecule has 3 nitrogen and oxygen atoms in total. The molecule has 0 aromatic carbocycles. The Balaban J connectivity index is 2.85. The van der Waals surface area contributed by atoms with Gasteiger partial charge in [0.25, 0.3) is 0 Å². The summed E-state index contributed by atoms with van der Waals surface area (Å²) in [4.78, 5) is 0. The van der Waals surface area contributed by atoms with E-state index < -0.39 is 0 Å². The molecule has 1 rings (SSSR count). The molecule has 0 bridgehead atoms. The monoisotopic (exact) mass is 206 g/mol. The molecule has 0 saturated carbocycles. The maximum atomic E-state index is 9.54. The van der Waals surface area contributed by atoms with Crippen molar-refractivity contribution in [1.82, 2.24) is 0 Å². The highest BCUT2D eigenvalue weighted by Gasteiger charge is 2.13. The normalized spacial score (nSPS) is 16.7. The van der Waals surface area contributed by atoms with Crippen molar-refractivity contribution >= 4 is 0 Å². The van der Waals surface area contributed by atoms with Gasteiger partial charge in [-0.05, 0) is 18.1 Å². The van der Waals surface area contributed by atoms with Gasteiger partial charge < -0.3 is 15.3 Å². The first-order chi connectivity index (χ1) is 7.00. The van der Waals surface area contributed by atoms with Gasteiger partial charge in [-0.1, -0.05) is 19.2 Å². The Kier molecular flexibility index (Phi) is 3.39. The van der Waals surface area contributed by atoms with E-state index in [0.29, 0.717) is 24.0 Å². The van der Waals surface area contributed by atoms with Crippen molar-refractivity contribution in [1.29, 1.82) is 0 Å². The molecule has 0 aromatic heterocycles. The molecule has 0 atom stereocenters. The molecule has 3 N–H and O–H groups in total. The molecule has 0 radical (unpaired) electrons. The molecular formula is C12H14O3. The summed E-state index contributed by atoms with van der Waals surface area (Å²) in [6.07, 6.45) is 5.32. The lowest BCUT2D eigenvalue weighted by Crippen LogP contribution is -2.00. The van der Waals surface area contributed by atoms with Crippen LogP contribution < -0.4 is 0 Å². The molecule has 15 heavy (non-hydrogen) atoms. The van der Waals surface area contributed by atoms with Gasteiger partial charge >= 0.3 is 0 Å². The molecule has 3 heteroatoms. The zero-order chi connectivity index (χ0) is 11.4. The van der Waals surface area contributed by atoms with Crippen LogP contribution in [0.25, 0.3) is 0 Å². The van der Waals surface area contributed by atoms with E-state index in [0.717, 1.165) is 0 Å². The van der Waals surface area contributed by atoms with E-state index in [1.54, 1.807) is 6.08 Å². The summed E-state index contributed by atoms with van der Waals surface area (Å²) in [5, 5.41) is 27.6. The van der Waals surface area contributed by atoms with Crippen LogP contribution in [0, 0.1) is 0 Å². The molecule has 0 amide bonds. The van der Waals surface area contributed by atoms with E-state index in [4.69, 9.17) is 10.2 Å². The van der Waals surface area contributed by atoms with Crippen molar-refractivity contribution in [2.45, 2.75) is 12.8 Å². The fraction of sp³-hybridized carbons (Fsp3) is 0.167. The van der Waals surface area contributed by atoms with Crippen LogP contribution in [-0.4, -0.2) is 15.3 Å². The highest BCUT2D eigenvalue weighted by atomic mass is 16.3. The van der Waals surface area contributed by atoms with Crippen LogP contribution in [0.2, 0.25) is 0 Å². The van der Waals surface area contributed by atoms with Gasteiger partial charge in [-0.3, -0.25) is 0 Å². The zero-order valence-electron chi connectivity index (χ0n) is 8.40. The Bertz CT molecular complexity index is 384. The van der Waals surface area contributed by atoms with E-state index in [2.05, 4.69) is 13.2 Å². The van der Waals surface area contributed by atoms with Crippen molar-refractivity contribution in [2.24, 2.45) is 0 Å². The summed E-state index contributed by atoms with van der Waals surface area (Å²) in [6.45, 7) is 7.06. The smallest absolute Gasteiger partial charge is 0.122 e. The van der Waals surface area contributed by atoms with Gasteiger partial charge in [0.1, 0.15) is 11.5 Å². The first kappa shape index (κ1) is 11.2. The minimum atomic E-state index is -0.0644. The Labute approximate surface area is 88.7 Å². The van der Waals surface area contributed by atoms with Crippen molar-refractivity contribution in [3.05, 3.63) is 59.8 Å². The van der Waals surface area contributed by atoms with Crippen molar-refractivity contribution in [2.75, 3.05) is 0 Å². The van der Waals surface area contributed by atoms with Crippen LogP contribution >= 0.6 is 0 Å². The van der Waals surface area contributed by atoms with Crippen molar-refractivity contribution < 1.29 is 15.3 Å². The average molecular weight is 206 g/mol.